The fourth-order valence-corrected chi connectivity index (χ4v) is 2.03. The quantitative estimate of drug-likeness (QED) is 0.591. The number of aliphatic hydroxyl groups is 1. The molecule has 0 aliphatic carbocycles. The van der Waals surface area contributed by atoms with E-state index in [-0.39, 0.29) is 12.1 Å². The van der Waals surface area contributed by atoms with Crippen LogP contribution in [0.15, 0.2) is 30.5 Å². The van der Waals surface area contributed by atoms with Gasteiger partial charge in [0.2, 0.25) is 5.88 Å². The average molecular weight is 318 g/mol. The molecule has 0 bridgehead atoms. The van der Waals surface area contributed by atoms with Gasteiger partial charge in [-0.15, -0.1) is 0 Å². The third kappa shape index (κ3) is 5.35. The molecule has 0 spiro atoms. The van der Waals surface area contributed by atoms with Crippen molar-refractivity contribution in [2.75, 3.05) is 19.7 Å². The van der Waals surface area contributed by atoms with Gasteiger partial charge in [-0.05, 0) is 26.8 Å². The molecule has 0 amide bonds. The third-order valence-electron chi connectivity index (χ3n) is 3.60. The lowest BCUT2D eigenvalue weighted by Gasteiger charge is -2.25. The number of β-amino-alcohol motifs (C(OH)–C–C–N with tert-alkyl or cyclic N) is 1. The van der Waals surface area contributed by atoms with Crippen molar-refractivity contribution in [2.24, 2.45) is 5.73 Å². The summed E-state index contributed by atoms with van der Waals surface area (Å²) < 4.78 is 5.54. The van der Waals surface area contributed by atoms with Crippen LogP contribution in [0.3, 0.4) is 0 Å². The number of rotatable bonds is 8. The van der Waals surface area contributed by atoms with Crippen molar-refractivity contribution < 1.29 is 9.84 Å². The van der Waals surface area contributed by atoms with Crippen molar-refractivity contribution >= 4 is 0 Å². The molecule has 1 atom stereocenters. The van der Waals surface area contributed by atoms with E-state index in [0.29, 0.717) is 19.0 Å². The SMILES string of the molecule is Cc1cccc(-c2nc(OCC(O)CNC(C)(C)CN)c[nH]2)c1. The highest BCUT2D eigenvalue weighted by Crippen LogP contribution is 2.19. The van der Waals surface area contributed by atoms with Crippen LogP contribution in [0.2, 0.25) is 0 Å². The first-order chi connectivity index (χ1) is 10.9. The minimum Gasteiger partial charge on any atom is -0.474 e. The number of hydrogen-bond donors (Lipinski definition) is 4. The molecule has 0 fully saturated rings. The minimum atomic E-state index is -0.625. The van der Waals surface area contributed by atoms with Crippen LogP contribution in [0, 0.1) is 6.92 Å². The van der Waals surface area contributed by atoms with Crippen LogP contribution in [-0.2, 0) is 0 Å². The molecule has 0 saturated heterocycles. The predicted octanol–water partition coefficient (Wildman–Crippen LogP) is 1.45. The van der Waals surface area contributed by atoms with Crippen LogP contribution in [-0.4, -0.2) is 46.4 Å². The Balaban J connectivity index is 1.85. The number of H-pyrrole nitrogens is 1. The molecule has 1 aromatic carbocycles. The van der Waals surface area contributed by atoms with Gasteiger partial charge in [0.05, 0.1) is 6.20 Å². The Kier molecular flexibility index (Phi) is 5.76. The van der Waals surface area contributed by atoms with Crippen LogP contribution < -0.4 is 15.8 Å². The molecule has 1 heterocycles. The molecular weight excluding hydrogens is 292 g/mol. The van der Waals surface area contributed by atoms with Crippen molar-refractivity contribution in [3.8, 4) is 17.3 Å². The van der Waals surface area contributed by atoms with Gasteiger partial charge in [-0.3, -0.25) is 0 Å². The van der Waals surface area contributed by atoms with Gasteiger partial charge >= 0.3 is 0 Å². The Morgan fingerprint density at radius 3 is 2.91 bits per heavy atom. The highest BCUT2D eigenvalue weighted by molar-refractivity contribution is 5.56. The van der Waals surface area contributed by atoms with E-state index >= 15 is 0 Å². The van der Waals surface area contributed by atoms with Crippen molar-refractivity contribution in [3.05, 3.63) is 36.0 Å². The number of aryl methyl sites for hydroxylation is 1. The molecule has 6 heteroatoms. The first kappa shape index (κ1) is 17.5. The molecule has 1 aromatic heterocycles. The molecule has 126 valence electrons. The molecule has 2 rings (SSSR count). The van der Waals surface area contributed by atoms with E-state index in [1.54, 1.807) is 6.20 Å². The van der Waals surface area contributed by atoms with Crippen LogP contribution in [0.25, 0.3) is 11.4 Å². The number of nitrogens with one attached hydrogen (secondary N) is 2. The molecule has 2 aromatic rings. The molecule has 0 aliphatic rings. The van der Waals surface area contributed by atoms with Gasteiger partial charge in [0.25, 0.3) is 0 Å². The van der Waals surface area contributed by atoms with Crippen molar-refractivity contribution in [1.29, 1.82) is 0 Å². The molecule has 6 nitrogen and oxygen atoms in total. The fourth-order valence-electron chi connectivity index (χ4n) is 2.03. The number of aromatic amines is 1. The lowest BCUT2D eigenvalue weighted by atomic mass is 10.1. The first-order valence-corrected chi connectivity index (χ1v) is 7.78. The Hall–Kier alpha value is -1.89. The summed E-state index contributed by atoms with van der Waals surface area (Å²) >= 11 is 0. The van der Waals surface area contributed by atoms with Crippen molar-refractivity contribution in [3.63, 3.8) is 0 Å². The maximum atomic E-state index is 9.96. The van der Waals surface area contributed by atoms with Gasteiger partial charge < -0.3 is 25.9 Å². The van der Waals surface area contributed by atoms with E-state index in [1.807, 2.05) is 39.0 Å². The molecule has 0 saturated carbocycles. The first-order valence-electron chi connectivity index (χ1n) is 7.78. The maximum Gasteiger partial charge on any atom is 0.232 e. The molecular formula is C17H26N4O2. The van der Waals surface area contributed by atoms with Gasteiger partial charge in [0.1, 0.15) is 18.5 Å². The summed E-state index contributed by atoms with van der Waals surface area (Å²) in [4.78, 5) is 7.48. The molecule has 1 unspecified atom stereocenters. The van der Waals surface area contributed by atoms with E-state index in [9.17, 15) is 5.11 Å². The number of imidazole rings is 1. The van der Waals surface area contributed by atoms with Crippen molar-refractivity contribution in [1.82, 2.24) is 15.3 Å². The third-order valence-corrected chi connectivity index (χ3v) is 3.60. The Morgan fingerprint density at radius 1 is 1.43 bits per heavy atom. The summed E-state index contributed by atoms with van der Waals surface area (Å²) in [6, 6.07) is 8.07. The van der Waals surface area contributed by atoms with Crippen LogP contribution in [0.1, 0.15) is 19.4 Å². The molecule has 0 radical (unpaired) electrons. The van der Waals surface area contributed by atoms with E-state index in [1.165, 1.54) is 5.56 Å². The average Bonchev–Trinajstić information content (AvgIpc) is 3.00. The Labute approximate surface area is 137 Å². The lowest BCUT2D eigenvalue weighted by Crippen LogP contribution is -2.49. The lowest BCUT2D eigenvalue weighted by molar-refractivity contribution is 0.0974. The van der Waals surface area contributed by atoms with Crippen LogP contribution >= 0.6 is 0 Å². The largest absolute Gasteiger partial charge is 0.474 e. The highest BCUT2D eigenvalue weighted by atomic mass is 16.5. The second kappa shape index (κ2) is 7.59. The maximum absolute atomic E-state index is 9.96. The van der Waals surface area contributed by atoms with Gasteiger partial charge in [0, 0.05) is 24.2 Å². The summed E-state index contributed by atoms with van der Waals surface area (Å²) in [6.07, 6.45) is 1.07. The highest BCUT2D eigenvalue weighted by Gasteiger charge is 2.16. The zero-order valence-corrected chi connectivity index (χ0v) is 14.0. The smallest absolute Gasteiger partial charge is 0.232 e. The fraction of sp³-hybridized carbons (Fsp3) is 0.471. The number of hydrogen-bond acceptors (Lipinski definition) is 5. The standard InChI is InChI=1S/C17H26N4O2/c1-12-5-4-6-13(7-12)16-19-9-15(21-16)23-10-14(22)8-20-17(2,3)11-18/h4-7,9,14,20,22H,8,10-11,18H2,1-3H3,(H,19,21). The second-order valence-electron chi connectivity index (χ2n) is 6.39. The zero-order chi connectivity index (χ0) is 16.9. The van der Waals surface area contributed by atoms with Crippen LogP contribution in [0.4, 0.5) is 0 Å². The minimum absolute atomic E-state index is 0.172. The van der Waals surface area contributed by atoms with E-state index < -0.39 is 6.10 Å². The number of nitrogens with two attached hydrogens (primary N) is 1. The van der Waals surface area contributed by atoms with Crippen LogP contribution in [0.5, 0.6) is 5.88 Å². The predicted molar refractivity (Wildman–Crippen MR) is 91.4 cm³/mol. The van der Waals surface area contributed by atoms with Gasteiger partial charge in [-0.25, -0.2) is 0 Å². The number of nitrogens with zero attached hydrogens (tertiary/aromatic N) is 1. The Morgan fingerprint density at radius 2 is 2.22 bits per heavy atom. The summed E-state index contributed by atoms with van der Waals surface area (Å²) in [5.41, 5.74) is 7.61. The van der Waals surface area contributed by atoms with Gasteiger partial charge in [0.15, 0.2) is 0 Å². The van der Waals surface area contributed by atoms with Gasteiger partial charge in [-0.2, -0.15) is 4.98 Å². The number of aliphatic hydroxyl groups excluding tert-OH is 1. The monoisotopic (exact) mass is 318 g/mol. The zero-order valence-electron chi connectivity index (χ0n) is 14.0. The van der Waals surface area contributed by atoms with Gasteiger partial charge in [-0.1, -0.05) is 23.8 Å². The molecule has 23 heavy (non-hydrogen) atoms. The van der Waals surface area contributed by atoms with E-state index in [0.717, 1.165) is 11.4 Å². The molecule has 5 N–H and O–H groups in total. The summed E-state index contributed by atoms with van der Waals surface area (Å²) in [7, 11) is 0. The van der Waals surface area contributed by atoms with E-state index in [2.05, 4.69) is 21.4 Å². The van der Waals surface area contributed by atoms with Crippen molar-refractivity contribution in [2.45, 2.75) is 32.4 Å². The summed E-state index contributed by atoms with van der Waals surface area (Å²) in [5, 5.41) is 13.2. The van der Waals surface area contributed by atoms with E-state index in [4.69, 9.17) is 10.5 Å². The normalized spacial score (nSPS) is 13.1. The summed E-state index contributed by atoms with van der Waals surface area (Å²) in [6.45, 7) is 7.10. The molecule has 0 aliphatic heterocycles. The number of aromatic nitrogens is 2. The summed E-state index contributed by atoms with van der Waals surface area (Å²) in [5.74, 6) is 1.22. The topological polar surface area (TPSA) is 96.2 Å². The number of benzene rings is 1. The Bertz CT molecular complexity index is 625. The second-order valence-corrected chi connectivity index (χ2v) is 6.39. The number of ether oxygens (including phenoxy) is 1.